The highest BCUT2D eigenvalue weighted by Crippen LogP contribution is 2.11. The maximum Gasteiger partial charge on any atom is 0.269 e. The van der Waals surface area contributed by atoms with Gasteiger partial charge in [0.2, 0.25) is 0 Å². The summed E-state index contributed by atoms with van der Waals surface area (Å²) in [5.41, 5.74) is 0.460. The van der Waals surface area contributed by atoms with E-state index in [2.05, 4.69) is 5.32 Å². The van der Waals surface area contributed by atoms with Crippen LogP contribution in [0.5, 0.6) is 0 Å². The Balaban J connectivity index is 2.27. The maximum absolute atomic E-state index is 11.8. The highest BCUT2D eigenvalue weighted by molar-refractivity contribution is 5.97. The Morgan fingerprint density at radius 3 is 2.55 bits per heavy atom. The summed E-state index contributed by atoms with van der Waals surface area (Å²) in [7, 11) is 0. The molecule has 1 aromatic rings. The topological polar surface area (TPSA) is 81.5 Å². The summed E-state index contributed by atoms with van der Waals surface area (Å²) >= 11 is 0. The van der Waals surface area contributed by atoms with Crippen LogP contribution in [-0.2, 0) is 4.74 Å². The highest BCUT2D eigenvalue weighted by atomic mass is 16.6. The SMILES string of the molecule is CC(C)OCCCNCC(=O)c1ccc([N+](=O)[O-])cc1. The zero-order valence-electron chi connectivity index (χ0n) is 11.8. The molecule has 0 fully saturated rings. The van der Waals surface area contributed by atoms with Gasteiger partial charge in [0.15, 0.2) is 5.78 Å². The maximum atomic E-state index is 11.8. The van der Waals surface area contributed by atoms with E-state index in [-0.39, 0.29) is 24.1 Å². The number of ether oxygens (including phenoxy) is 1. The predicted octanol–water partition coefficient (Wildman–Crippen LogP) is 2.18. The normalized spacial score (nSPS) is 10.8. The average molecular weight is 280 g/mol. The van der Waals surface area contributed by atoms with Gasteiger partial charge in [0.1, 0.15) is 0 Å². The monoisotopic (exact) mass is 280 g/mol. The van der Waals surface area contributed by atoms with E-state index >= 15 is 0 Å². The van der Waals surface area contributed by atoms with Crippen molar-refractivity contribution in [2.45, 2.75) is 26.4 Å². The first-order chi connectivity index (χ1) is 9.50. The summed E-state index contributed by atoms with van der Waals surface area (Å²) < 4.78 is 5.38. The van der Waals surface area contributed by atoms with Crippen molar-refractivity contribution in [2.24, 2.45) is 0 Å². The number of non-ortho nitro benzene ring substituents is 1. The molecule has 20 heavy (non-hydrogen) atoms. The molecule has 0 aromatic heterocycles. The number of nitrogens with zero attached hydrogens (tertiary/aromatic N) is 1. The molecule has 0 aliphatic carbocycles. The van der Waals surface area contributed by atoms with Crippen molar-refractivity contribution < 1.29 is 14.5 Å². The number of carbonyl (C=O) groups is 1. The van der Waals surface area contributed by atoms with Crippen LogP contribution >= 0.6 is 0 Å². The third-order valence-corrected chi connectivity index (χ3v) is 2.63. The standard InChI is InChI=1S/C14H20N2O4/c1-11(2)20-9-3-8-15-10-14(17)12-4-6-13(7-5-12)16(18)19/h4-7,11,15H,3,8-10H2,1-2H3. The van der Waals surface area contributed by atoms with E-state index in [1.165, 1.54) is 24.3 Å². The molecule has 0 spiro atoms. The first-order valence-electron chi connectivity index (χ1n) is 6.60. The molecule has 0 saturated carbocycles. The van der Waals surface area contributed by atoms with Gasteiger partial charge in [-0.15, -0.1) is 0 Å². The Morgan fingerprint density at radius 1 is 1.35 bits per heavy atom. The Kier molecular flexibility index (Phi) is 6.83. The van der Waals surface area contributed by atoms with E-state index < -0.39 is 4.92 Å². The van der Waals surface area contributed by atoms with E-state index in [4.69, 9.17) is 4.74 Å². The molecule has 110 valence electrons. The van der Waals surface area contributed by atoms with Crippen molar-refractivity contribution in [3.63, 3.8) is 0 Å². The fourth-order valence-corrected chi connectivity index (χ4v) is 1.59. The Morgan fingerprint density at radius 2 is 2.00 bits per heavy atom. The lowest BCUT2D eigenvalue weighted by Crippen LogP contribution is -2.25. The second-order valence-electron chi connectivity index (χ2n) is 4.68. The number of nitro groups is 1. The van der Waals surface area contributed by atoms with E-state index in [1.54, 1.807) is 0 Å². The van der Waals surface area contributed by atoms with E-state index in [0.717, 1.165) is 6.42 Å². The molecule has 1 rings (SSSR count). The minimum atomic E-state index is -0.485. The number of nitrogens with one attached hydrogen (secondary N) is 1. The van der Waals surface area contributed by atoms with Crippen LogP contribution in [0.4, 0.5) is 5.69 Å². The second-order valence-corrected chi connectivity index (χ2v) is 4.68. The Bertz CT molecular complexity index is 443. The number of benzene rings is 1. The summed E-state index contributed by atoms with van der Waals surface area (Å²) in [4.78, 5) is 21.8. The van der Waals surface area contributed by atoms with Gasteiger partial charge < -0.3 is 10.1 Å². The third-order valence-electron chi connectivity index (χ3n) is 2.63. The predicted molar refractivity (Wildman–Crippen MR) is 76.0 cm³/mol. The van der Waals surface area contributed by atoms with Crippen molar-refractivity contribution in [3.05, 3.63) is 39.9 Å². The summed E-state index contributed by atoms with van der Waals surface area (Å²) in [5, 5.41) is 13.5. The Labute approximate surface area is 118 Å². The molecular weight excluding hydrogens is 260 g/mol. The van der Waals surface area contributed by atoms with Gasteiger partial charge >= 0.3 is 0 Å². The lowest BCUT2D eigenvalue weighted by molar-refractivity contribution is -0.384. The van der Waals surface area contributed by atoms with Crippen molar-refractivity contribution in [2.75, 3.05) is 19.7 Å². The molecule has 0 unspecified atom stereocenters. The minimum absolute atomic E-state index is 0.0136. The number of hydrogen-bond donors (Lipinski definition) is 1. The summed E-state index contributed by atoms with van der Waals surface area (Å²) in [6.45, 7) is 5.54. The third kappa shape index (κ3) is 5.90. The van der Waals surface area contributed by atoms with Gasteiger partial charge in [-0.1, -0.05) is 0 Å². The fraction of sp³-hybridized carbons (Fsp3) is 0.500. The quantitative estimate of drug-likeness (QED) is 0.324. The van der Waals surface area contributed by atoms with Crippen molar-refractivity contribution in [1.29, 1.82) is 0 Å². The number of Topliss-reactive ketones (excluding diaryl/α,β-unsaturated/α-hetero) is 1. The molecule has 0 saturated heterocycles. The van der Waals surface area contributed by atoms with Gasteiger partial charge in [-0.2, -0.15) is 0 Å². The molecule has 0 amide bonds. The molecule has 0 atom stereocenters. The summed E-state index contributed by atoms with van der Waals surface area (Å²) in [6, 6.07) is 5.63. The van der Waals surface area contributed by atoms with Crippen molar-refractivity contribution in [3.8, 4) is 0 Å². The molecule has 6 heteroatoms. The van der Waals surface area contributed by atoms with Crippen LogP contribution in [0.15, 0.2) is 24.3 Å². The fourth-order valence-electron chi connectivity index (χ4n) is 1.59. The van der Waals surface area contributed by atoms with Gasteiger partial charge in [0.05, 0.1) is 17.6 Å². The minimum Gasteiger partial charge on any atom is -0.379 e. The molecule has 0 aliphatic rings. The molecule has 1 N–H and O–H groups in total. The van der Waals surface area contributed by atoms with Crippen LogP contribution in [-0.4, -0.2) is 36.5 Å². The molecule has 0 heterocycles. The first-order valence-corrected chi connectivity index (χ1v) is 6.60. The molecule has 0 aliphatic heterocycles. The molecule has 6 nitrogen and oxygen atoms in total. The lowest BCUT2D eigenvalue weighted by Gasteiger charge is -2.07. The molecule has 0 radical (unpaired) electrons. The Hall–Kier alpha value is -1.79. The second kappa shape index (κ2) is 8.39. The number of ketones is 1. The van der Waals surface area contributed by atoms with Crippen LogP contribution in [0.2, 0.25) is 0 Å². The van der Waals surface area contributed by atoms with E-state index in [1.807, 2.05) is 13.8 Å². The van der Waals surface area contributed by atoms with Crippen LogP contribution in [0.1, 0.15) is 30.6 Å². The van der Waals surface area contributed by atoms with E-state index in [9.17, 15) is 14.9 Å². The van der Waals surface area contributed by atoms with Gasteiger partial charge in [-0.25, -0.2) is 0 Å². The van der Waals surface area contributed by atoms with Crippen LogP contribution < -0.4 is 5.32 Å². The first kappa shape index (κ1) is 16.3. The van der Waals surface area contributed by atoms with E-state index in [0.29, 0.717) is 18.7 Å². The largest absolute Gasteiger partial charge is 0.379 e. The van der Waals surface area contributed by atoms with Gasteiger partial charge in [-0.05, 0) is 38.9 Å². The lowest BCUT2D eigenvalue weighted by atomic mass is 10.1. The van der Waals surface area contributed by atoms with Gasteiger partial charge in [0, 0.05) is 24.3 Å². The zero-order chi connectivity index (χ0) is 15.0. The summed E-state index contributed by atoms with van der Waals surface area (Å²) in [5.74, 6) is -0.0790. The van der Waals surface area contributed by atoms with Crippen LogP contribution in [0.25, 0.3) is 0 Å². The van der Waals surface area contributed by atoms with Gasteiger partial charge in [-0.3, -0.25) is 14.9 Å². The van der Waals surface area contributed by atoms with Crippen molar-refractivity contribution in [1.82, 2.24) is 5.32 Å². The molecule has 0 bridgehead atoms. The number of carbonyl (C=O) groups excluding carboxylic acids is 1. The smallest absolute Gasteiger partial charge is 0.269 e. The number of rotatable bonds is 9. The zero-order valence-corrected chi connectivity index (χ0v) is 11.8. The highest BCUT2D eigenvalue weighted by Gasteiger charge is 2.08. The molecular formula is C14H20N2O4. The molecule has 1 aromatic carbocycles. The summed E-state index contributed by atoms with van der Waals surface area (Å²) in [6.07, 6.45) is 1.06. The number of nitro benzene ring substituents is 1. The number of hydrogen-bond acceptors (Lipinski definition) is 5. The van der Waals surface area contributed by atoms with Crippen LogP contribution in [0.3, 0.4) is 0 Å². The van der Waals surface area contributed by atoms with Crippen LogP contribution in [0, 0.1) is 10.1 Å². The van der Waals surface area contributed by atoms with Crippen molar-refractivity contribution >= 4 is 11.5 Å². The van der Waals surface area contributed by atoms with Gasteiger partial charge in [0.25, 0.3) is 5.69 Å². The average Bonchev–Trinajstić information content (AvgIpc) is 2.42.